The van der Waals surface area contributed by atoms with Crippen LogP contribution in [0.15, 0.2) is 47.4 Å². The predicted octanol–water partition coefficient (Wildman–Crippen LogP) is 2.88. The van der Waals surface area contributed by atoms with Gasteiger partial charge in [0.2, 0.25) is 20.0 Å². The zero-order chi connectivity index (χ0) is 23.4. The molecule has 0 bridgehead atoms. The van der Waals surface area contributed by atoms with Crippen molar-refractivity contribution in [3.05, 3.63) is 48.0 Å². The van der Waals surface area contributed by atoms with E-state index in [0.717, 1.165) is 19.3 Å². The zero-order valence-electron chi connectivity index (χ0n) is 18.0. The molecule has 1 aliphatic rings. The number of benzene rings is 2. The van der Waals surface area contributed by atoms with Crippen LogP contribution in [-0.2, 0) is 20.0 Å². The minimum absolute atomic E-state index is 0.0350. The quantitative estimate of drug-likeness (QED) is 0.598. The van der Waals surface area contributed by atoms with Gasteiger partial charge >= 0.3 is 0 Å². The zero-order valence-corrected chi connectivity index (χ0v) is 19.6. The van der Waals surface area contributed by atoms with Gasteiger partial charge in [0, 0.05) is 24.8 Å². The van der Waals surface area contributed by atoms with Crippen molar-refractivity contribution in [3.8, 4) is 5.75 Å². The second kappa shape index (κ2) is 9.88. The van der Waals surface area contributed by atoms with Crippen molar-refractivity contribution in [2.75, 3.05) is 36.0 Å². The van der Waals surface area contributed by atoms with E-state index in [1.807, 2.05) is 0 Å². The smallest absolute Gasteiger partial charge is 0.257 e. The topological polar surface area (TPSA) is 122 Å². The molecule has 1 amide bonds. The first-order chi connectivity index (χ1) is 15.2. The number of nitrogens with one attached hydrogen (secondary N) is 2. The monoisotopic (exact) mass is 481 g/mol. The predicted molar refractivity (Wildman–Crippen MR) is 123 cm³/mol. The molecular weight excluding hydrogens is 454 g/mol. The summed E-state index contributed by atoms with van der Waals surface area (Å²) < 4.78 is 59.0. The number of hydrogen-bond donors (Lipinski definition) is 2. The summed E-state index contributed by atoms with van der Waals surface area (Å²) in [7, 11) is -5.93. The van der Waals surface area contributed by atoms with E-state index in [0.29, 0.717) is 18.8 Å². The largest absolute Gasteiger partial charge is 0.494 e. The van der Waals surface area contributed by atoms with Gasteiger partial charge in [-0.15, -0.1) is 0 Å². The summed E-state index contributed by atoms with van der Waals surface area (Å²) in [6.45, 7) is 2.38. The first kappa shape index (κ1) is 24.0. The van der Waals surface area contributed by atoms with Crippen molar-refractivity contribution >= 4 is 37.3 Å². The second-order valence-corrected chi connectivity index (χ2v) is 11.3. The van der Waals surface area contributed by atoms with Crippen LogP contribution >= 0.6 is 0 Å². The minimum atomic E-state index is -3.80. The third-order valence-corrected chi connectivity index (χ3v) is 8.42. The van der Waals surface area contributed by atoms with Gasteiger partial charge in [-0.05, 0) is 44.0 Å². The molecule has 1 heterocycles. The highest BCUT2D eigenvalue weighted by atomic mass is 32.2. The lowest BCUT2D eigenvalue weighted by Gasteiger charge is -2.26. The summed E-state index contributed by atoms with van der Waals surface area (Å²) in [6, 6.07) is 10.5. The number of carbonyl (C=O) groups excluding carboxylic acids is 1. The molecule has 11 heteroatoms. The van der Waals surface area contributed by atoms with Crippen LogP contribution in [0.4, 0.5) is 11.4 Å². The second-order valence-electron chi connectivity index (χ2n) is 7.34. The number of amides is 1. The Morgan fingerprint density at radius 2 is 1.72 bits per heavy atom. The summed E-state index contributed by atoms with van der Waals surface area (Å²) in [5.74, 6) is -0.476. The molecule has 174 valence electrons. The summed E-state index contributed by atoms with van der Waals surface area (Å²) >= 11 is 0. The maximum absolute atomic E-state index is 13.1. The molecule has 0 unspecified atom stereocenters. The first-order valence-electron chi connectivity index (χ1n) is 10.3. The molecule has 0 spiro atoms. The number of carbonyl (C=O) groups is 1. The van der Waals surface area contributed by atoms with Crippen molar-refractivity contribution in [2.45, 2.75) is 31.1 Å². The van der Waals surface area contributed by atoms with Crippen LogP contribution in [0.5, 0.6) is 5.75 Å². The Morgan fingerprint density at radius 3 is 2.38 bits per heavy atom. The third kappa shape index (κ3) is 5.40. The number of rotatable bonds is 8. The Morgan fingerprint density at radius 1 is 1.03 bits per heavy atom. The number of ether oxygens (including phenoxy) is 1. The van der Waals surface area contributed by atoms with Crippen LogP contribution in [-0.4, -0.2) is 53.0 Å². The van der Waals surface area contributed by atoms with E-state index in [1.54, 1.807) is 12.1 Å². The van der Waals surface area contributed by atoms with Crippen molar-refractivity contribution in [2.24, 2.45) is 0 Å². The summed E-state index contributed by atoms with van der Waals surface area (Å²) in [4.78, 5) is 12.9. The molecule has 1 saturated heterocycles. The number of nitrogens with zero attached hydrogens (tertiary/aromatic N) is 1. The SMILES string of the molecule is CCS(=O)(=O)Nc1ccc(NC(=O)c2ccccc2S(=O)(=O)N2CCCCC2)cc1OC. The lowest BCUT2D eigenvalue weighted by molar-refractivity contribution is 0.102. The van der Waals surface area contributed by atoms with Crippen LogP contribution in [0.3, 0.4) is 0 Å². The van der Waals surface area contributed by atoms with Crippen LogP contribution in [0, 0.1) is 0 Å². The van der Waals surface area contributed by atoms with Gasteiger partial charge in [0.25, 0.3) is 5.91 Å². The number of hydrogen-bond acceptors (Lipinski definition) is 6. The maximum Gasteiger partial charge on any atom is 0.257 e. The Bertz CT molecular complexity index is 1190. The van der Waals surface area contributed by atoms with Crippen molar-refractivity contribution in [1.29, 1.82) is 0 Å². The Kier molecular flexibility index (Phi) is 7.42. The van der Waals surface area contributed by atoms with Gasteiger partial charge in [-0.25, -0.2) is 16.8 Å². The fourth-order valence-corrected chi connectivity index (χ4v) is 5.77. The van der Waals surface area contributed by atoms with Crippen LogP contribution < -0.4 is 14.8 Å². The minimum Gasteiger partial charge on any atom is -0.494 e. The number of anilines is 2. The Hall–Kier alpha value is -2.63. The summed E-state index contributed by atoms with van der Waals surface area (Å²) in [5, 5.41) is 2.67. The standard InChI is InChI=1S/C21H27N3O6S2/c1-3-31(26,27)23-18-12-11-16(15-19(18)30-2)22-21(25)17-9-5-6-10-20(17)32(28,29)24-13-7-4-8-14-24/h5-6,9-12,15,23H,3-4,7-8,13-14H2,1-2H3,(H,22,25). The normalized spacial score (nSPS) is 15.2. The first-order valence-corrected chi connectivity index (χ1v) is 13.4. The Labute approximate surface area is 188 Å². The molecule has 2 N–H and O–H groups in total. The summed E-state index contributed by atoms with van der Waals surface area (Å²) in [5.41, 5.74) is 0.602. The van der Waals surface area contributed by atoms with E-state index in [9.17, 15) is 21.6 Å². The molecule has 0 aliphatic carbocycles. The molecule has 3 rings (SSSR count). The van der Waals surface area contributed by atoms with Gasteiger partial charge in [-0.2, -0.15) is 4.31 Å². The Balaban J connectivity index is 1.87. The number of piperidine rings is 1. The van der Waals surface area contributed by atoms with Crippen LogP contribution in [0.25, 0.3) is 0 Å². The van der Waals surface area contributed by atoms with E-state index < -0.39 is 26.0 Å². The van der Waals surface area contributed by atoms with E-state index in [4.69, 9.17) is 4.74 Å². The highest BCUT2D eigenvalue weighted by Gasteiger charge is 2.29. The average molecular weight is 482 g/mol. The molecule has 32 heavy (non-hydrogen) atoms. The van der Waals surface area contributed by atoms with Gasteiger partial charge in [0.05, 0.1) is 29.0 Å². The molecule has 2 aromatic rings. The number of sulfonamides is 2. The molecule has 0 atom stereocenters. The van der Waals surface area contributed by atoms with E-state index in [-0.39, 0.29) is 27.6 Å². The van der Waals surface area contributed by atoms with Gasteiger partial charge in [-0.1, -0.05) is 18.6 Å². The lowest BCUT2D eigenvalue weighted by Crippen LogP contribution is -2.36. The van der Waals surface area contributed by atoms with Gasteiger partial charge in [0.15, 0.2) is 0 Å². The molecule has 1 aliphatic heterocycles. The lowest BCUT2D eigenvalue weighted by atomic mass is 10.2. The fourth-order valence-electron chi connectivity index (χ4n) is 3.41. The van der Waals surface area contributed by atoms with Crippen molar-refractivity contribution in [1.82, 2.24) is 4.31 Å². The highest BCUT2D eigenvalue weighted by molar-refractivity contribution is 7.92. The van der Waals surface area contributed by atoms with Gasteiger partial charge < -0.3 is 10.1 Å². The maximum atomic E-state index is 13.1. The van der Waals surface area contributed by atoms with Crippen molar-refractivity contribution in [3.63, 3.8) is 0 Å². The number of methoxy groups -OCH3 is 1. The fraction of sp³-hybridized carbons (Fsp3) is 0.381. The van der Waals surface area contributed by atoms with Crippen molar-refractivity contribution < 1.29 is 26.4 Å². The van der Waals surface area contributed by atoms with E-state index >= 15 is 0 Å². The van der Waals surface area contributed by atoms with Crippen LogP contribution in [0.1, 0.15) is 36.5 Å². The van der Waals surface area contributed by atoms with Gasteiger partial charge in [-0.3, -0.25) is 9.52 Å². The molecule has 9 nitrogen and oxygen atoms in total. The van der Waals surface area contributed by atoms with Gasteiger partial charge in [0.1, 0.15) is 5.75 Å². The van der Waals surface area contributed by atoms with Crippen LogP contribution in [0.2, 0.25) is 0 Å². The molecular formula is C21H27N3O6S2. The molecule has 1 fully saturated rings. The van der Waals surface area contributed by atoms with E-state index in [1.165, 1.54) is 48.7 Å². The molecule has 2 aromatic carbocycles. The average Bonchev–Trinajstić information content (AvgIpc) is 2.80. The molecule has 0 saturated carbocycles. The molecule has 0 aromatic heterocycles. The molecule has 0 radical (unpaired) electrons. The highest BCUT2D eigenvalue weighted by Crippen LogP contribution is 2.30. The van der Waals surface area contributed by atoms with E-state index in [2.05, 4.69) is 10.0 Å². The summed E-state index contributed by atoms with van der Waals surface area (Å²) in [6.07, 6.45) is 2.57. The third-order valence-electron chi connectivity index (χ3n) is 5.17.